The molecule has 1 atom stereocenters. The van der Waals surface area contributed by atoms with Gasteiger partial charge in [0.15, 0.2) is 11.6 Å². The van der Waals surface area contributed by atoms with Crippen molar-refractivity contribution in [3.8, 4) is 11.1 Å². The van der Waals surface area contributed by atoms with E-state index >= 15 is 9.18 Å². The Labute approximate surface area is 339 Å². The van der Waals surface area contributed by atoms with Gasteiger partial charge in [-0.05, 0) is 66.7 Å². The van der Waals surface area contributed by atoms with Crippen LogP contribution in [0.1, 0.15) is 74.1 Å². The average Bonchev–Trinajstić information content (AvgIpc) is 3.27. The number of amides is 1. The normalized spacial score (nSPS) is 27.6. The monoisotopic (exact) mass is 771 g/mol. The minimum absolute atomic E-state index is 0.0276. The number of carbonyl (C=O) groups excluding carboxylic acids is 1. The number of nitrogens with zero attached hydrogens (tertiary/aromatic N) is 3. The Morgan fingerprint density at radius 3 is 2.47 bits per heavy atom. The first-order chi connectivity index (χ1) is 33.1. The number of methoxy groups -OCH3 is 1. The maximum Gasteiger partial charge on any atom is 0.416 e. The Morgan fingerprint density at radius 1 is 1.09 bits per heavy atom. The Morgan fingerprint density at radius 2 is 1.79 bits per heavy atom. The number of fused-ring (bicyclic) bond motifs is 1. The van der Waals surface area contributed by atoms with Crippen LogP contribution in [0, 0.1) is 18.6 Å². The zero-order chi connectivity index (χ0) is 55.4. The summed E-state index contributed by atoms with van der Waals surface area (Å²) < 4.78 is 249. The minimum Gasteiger partial charge on any atom is -0.384 e. The van der Waals surface area contributed by atoms with Crippen LogP contribution in [0.5, 0.6) is 0 Å². The number of hydrogen-bond donors (Lipinski definition) is 1. The molecule has 0 aliphatic carbocycles. The van der Waals surface area contributed by atoms with Crippen LogP contribution >= 0.6 is 11.8 Å². The van der Waals surface area contributed by atoms with E-state index in [1.807, 2.05) is 0 Å². The molecule has 1 N–H and O–H groups in total. The van der Waals surface area contributed by atoms with E-state index in [-0.39, 0.29) is 38.9 Å². The predicted molar refractivity (Wildman–Crippen MR) is 198 cm³/mol. The number of benzene rings is 4. The standard InChI is InChI=1S/C41H42F5N3O3S/c1-27-6-15-36-34(22-27)37(50)23-39(53-26-31-4-3-5-35(42)40(31)43)49(36)25-38(51)48(33-16-18-47(19-17-33)20-21-52-2)24-28-7-9-29(10-8-28)30-11-13-32(14-12-30)41(44,45)46/h3-15,22-23,33,37,50H,16-21,24-26H2,1-2H3/i2D3,6D,15D,16D2,17D2,18D2,19D2,20D2,22D,23D,26D2,33D. The van der Waals surface area contributed by atoms with E-state index in [2.05, 4.69) is 4.74 Å². The van der Waals surface area contributed by atoms with Gasteiger partial charge in [-0.25, -0.2) is 8.78 Å². The van der Waals surface area contributed by atoms with Crippen LogP contribution in [0.15, 0.2) is 95.9 Å². The van der Waals surface area contributed by atoms with Crippen molar-refractivity contribution in [2.45, 2.75) is 50.2 Å². The van der Waals surface area contributed by atoms with E-state index in [0.717, 1.165) is 48.5 Å². The van der Waals surface area contributed by atoms with Crippen molar-refractivity contribution in [2.24, 2.45) is 0 Å². The molecule has 0 saturated carbocycles. The third-order valence-corrected chi connectivity index (χ3v) is 8.63. The zero-order valence-corrected chi connectivity index (χ0v) is 28.3. The molecule has 6 nitrogen and oxygen atoms in total. The third-order valence-electron chi connectivity index (χ3n) is 7.78. The summed E-state index contributed by atoms with van der Waals surface area (Å²) >= 11 is -0.160. The number of aliphatic hydroxyl groups is 1. The zero-order valence-electron chi connectivity index (χ0n) is 47.5. The van der Waals surface area contributed by atoms with Gasteiger partial charge in [0.1, 0.15) is 12.6 Å². The van der Waals surface area contributed by atoms with Crippen molar-refractivity contribution < 1.29 is 64.0 Å². The highest BCUT2D eigenvalue weighted by atomic mass is 32.2. The van der Waals surface area contributed by atoms with Crippen molar-refractivity contribution in [3.05, 3.63) is 135 Å². The summed E-state index contributed by atoms with van der Waals surface area (Å²) in [7, 11) is -3.41. The highest BCUT2D eigenvalue weighted by Gasteiger charge is 2.33. The first kappa shape index (κ1) is 20.5. The second-order valence-corrected chi connectivity index (χ2v) is 12.2. The average molecular weight is 772 g/mol. The fraction of sp³-hybridized carbons (Fsp3) is 0.341. The fourth-order valence-electron chi connectivity index (χ4n) is 5.15. The van der Waals surface area contributed by atoms with E-state index in [0.29, 0.717) is 11.0 Å². The van der Waals surface area contributed by atoms with Gasteiger partial charge in [-0.15, -0.1) is 11.8 Å². The van der Waals surface area contributed by atoms with Crippen molar-refractivity contribution in [1.82, 2.24) is 9.80 Å². The Balaban J connectivity index is 1.59. The summed E-state index contributed by atoms with van der Waals surface area (Å²) in [5.74, 6) is -5.02. The van der Waals surface area contributed by atoms with E-state index in [1.165, 1.54) is 19.1 Å². The summed E-state index contributed by atoms with van der Waals surface area (Å²) in [6.07, 6.45) is -15.7. The lowest BCUT2D eigenvalue weighted by molar-refractivity contribution is -0.137. The summed E-state index contributed by atoms with van der Waals surface area (Å²) in [5.41, 5.74) is -6.59. The lowest BCUT2D eigenvalue weighted by atomic mass is 9.99. The Hall–Kier alpha value is -4.23. The molecule has 1 saturated heterocycles. The summed E-state index contributed by atoms with van der Waals surface area (Å²) in [4.78, 5) is 15.3. The van der Waals surface area contributed by atoms with Gasteiger partial charge in [0.25, 0.3) is 0 Å². The molecule has 1 unspecified atom stereocenters. The van der Waals surface area contributed by atoms with E-state index in [9.17, 15) is 29.5 Å². The molecule has 0 bridgehead atoms. The molecule has 4 aromatic carbocycles. The molecule has 12 heteroatoms. The highest BCUT2D eigenvalue weighted by molar-refractivity contribution is 8.02. The number of ether oxygens (including phenoxy) is 1. The molecule has 4 aromatic rings. The van der Waals surface area contributed by atoms with Crippen LogP contribution in [0.4, 0.5) is 27.6 Å². The van der Waals surface area contributed by atoms with Gasteiger partial charge in [0, 0.05) is 78.1 Å². The van der Waals surface area contributed by atoms with Crippen LogP contribution in [-0.2, 0) is 28.0 Å². The van der Waals surface area contributed by atoms with Crippen molar-refractivity contribution in [3.63, 3.8) is 0 Å². The number of carbonyl (C=O) groups is 1. The molecular weight excluding hydrogens is 710 g/mol. The first-order valence-electron chi connectivity index (χ1n) is 25.5. The van der Waals surface area contributed by atoms with Gasteiger partial charge >= 0.3 is 6.18 Å². The van der Waals surface area contributed by atoms with Crippen molar-refractivity contribution in [1.29, 1.82) is 0 Å². The fourth-order valence-corrected chi connectivity index (χ4v) is 5.95. The molecular formula is C41H42F5N3O3S. The summed E-state index contributed by atoms with van der Waals surface area (Å²) in [5, 5.41) is 10.6. The quantitative estimate of drug-likeness (QED) is 0.146. The number of hydrogen-bond acceptors (Lipinski definition) is 6. The largest absolute Gasteiger partial charge is 0.416 e. The molecule has 2 aliphatic heterocycles. The number of likely N-dealkylation sites (tertiary alicyclic amines) is 1. The molecule has 0 radical (unpaired) electrons. The summed E-state index contributed by atoms with van der Waals surface area (Å²) in [6, 6.07) is 3.36. The Kier molecular flexibility index (Phi) is 6.50. The van der Waals surface area contributed by atoms with Gasteiger partial charge in [-0.2, -0.15) is 13.2 Å². The maximum absolute atomic E-state index is 15.4. The minimum atomic E-state index is -4.69. The second-order valence-electron chi connectivity index (χ2n) is 11.4. The van der Waals surface area contributed by atoms with Crippen LogP contribution in [0.3, 0.4) is 0 Å². The first-order valence-corrected chi connectivity index (χ1v) is 16.3. The predicted octanol–water partition coefficient (Wildman–Crippen LogP) is 8.73. The number of thioether (sulfide) groups is 1. The van der Waals surface area contributed by atoms with Crippen LogP contribution in [0.25, 0.3) is 11.1 Å². The SMILES string of the molecule is [2H]C1=C(SC([2H])([2H])c2cccc(F)c2F)N(CC(=O)N(Cc2ccc(-c3ccc(C(F)(F)F)cc3)cc2)C2([2H])C([2H])([2H])C([2H])([2H])N(C([2H])([2H])COC([2H])([2H])[2H])C([2H])([2H])C2([2H])[2H])c2c([2H])c([2H])c(C)c([2H])c2C1O. The summed E-state index contributed by atoms with van der Waals surface area (Å²) in [6.45, 7) is -15.7. The molecule has 280 valence electrons. The van der Waals surface area contributed by atoms with E-state index in [4.69, 9.17) is 20.6 Å². The van der Waals surface area contributed by atoms with Gasteiger partial charge in [0.2, 0.25) is 5.91 Å². The number of rotatable bonds is 12. The lowest BCUT2D eigenvalue weighted by Crippen LogP contribution is -2.50. The molecule has 6 rings (SSSR count). The molecule has 1 fully saturated rings. The second kappa shape index (κ2) is 16.8. The molecule has 2 heterocycles. The third kappa shape index (κ3) is 9.29. The molecule has 1 amide bonds. The highest BCUT2D eigenvalue weighted by Crippen LogP contribution is 2.41. The van der Waals surface area contributed by atoms with E-state index < -0.39 is 157 Å². The van der Waals surface area contributed by atoms with E-state index in [1.54, 1.807) is 0 Å². The number of alkyl halides is 3. The molecule has 2 aliphatic rings. The van der Waals surface area contributed by atoms with Gasteiger partial charge in [-0.1, -0.05) is 66.2 Å². The van der Waals surface area contributed by atoms with Gasteiger partial charge in [-0.3, -0.25) is 4.79 Å². The lowest BCUT2D eigenvalue weighted by Gasteiger charge is -2.40. The maximum atomic E-state index is 15.4. The van der Waals surface area contributed by atoms with Crippen LogP contribution < -0.4 is 4.90 Å². The van der Waals surface area contributed by atoms with Crippen LogP contribution in [-0.4, -0.2) is 66.5 Å². The smallest absolute Gasteiger partial charge is 0.384 e. The number of anilines is 1. The number of aliphatic hydroxyl groups excluding tert-OH is 1. The topological polar surface area (TPSA) is 56.3 Å². The molecule has 53 heavy (non-hydrogen) atoms. The van der Waals surface area contributed by atoms with Crippen molar-refractivity contribution in [2.75, 3.05) is 44.6 Å². The number of piperidine rings is 1. The van der Waals surface area contributed by atoms with Gasteiger partial charge in [0.05, 0.1) is 28.2 Å². The molecule has 0 aromatic heterocycles. The number of halogens is 5. The molecule has 0 spiro atoms. The van der Waals surface area contributed by atoms with Crippen molar-refractivity contribution >= 4 is 23.4 Å². The Bertz CT molecular complexity index is 2810. The van der Waals surface area contributed by atoms with Crippen LogP contribution in [0.2, 0.25) is 0 Å². The van der Waals surface area contributed by atoms with Gasteiger partial charge < -0.3 is 24.5 Å².